The Hall–Kier alpha value is -3.09. The Bertz CT molecular complexity index is 1040. The SMILES string of the molecule is O=C(N[C@H]1CCCc2oc(-c3ccnc(C4CC4)c3)nc21)c1cncc(F)c1. The second-order valence-corrected chi connectivity index (χ2v) is 7.38. The van der Waals surface area contributed by atoms with Crippen molar-refractivity contribution in [2.24, 2.45) is 0 Å². The Morgan fingerprint density at radius 2 is 2.11 bits per heavy atom. The summed E-state index contributed by atoms with van der Waals surface area (Å²) in [5.41, 5.74) is 2.94. The quantitative estimate of drug-likeness (QED) is 0.743. The zero-order valence-electron chi connectivity index (χ0n) is 15.2. The molecule has 3 aromatic heterocycles. The Kier molecular flexibility index (Phi) is 4.15. The van der Waals surface area contributed by atoms with Crippen LogP contribution in [0, 0.1) is 5.82 Å². The maximum absolute atomic E-state index is 13.4. The molecule has 1 N–H and O–H groups in total. The highest BCUT2D eigenvalue weighted by Gasteiger charge is 2.29. The summed E-state index contributed by atoms with van der Waals surface area (Å²) in [5.74, 6) is 1.01. The Labute approximate surface area is 161 Å². The molecule has 1 fully saturated rings. The van der Waals surface area contributed by atoms with E-state index < -0.39 is 5.82 Å². The van der Waals surface area contributed by atoms with E-state index in [2.05, 4.69) is 20.3 Å². The van der Waals surface area contributed by atoms with E-state index in [9.17, 15) is 9.18 Å². The van der Waals surface area contributed by atoms with Gasteiger partial charge in [0.05, 0.1) is 17.8 Å². The number of carbonyl (C=O) groups is 1. The highest BCUT2D eigenvalue weighted by molar-refractivity contribution is 5.94. The summed E-state index contributed by atoms with van der Waals surface area (Å²) < 4.78 is 19.4. The summed E-state index contributed by atoms with van der Waals surface area (Å²) in [7, 11) is 0. The van der Waals surface area contributed by atoms with E-state index in [-0.39, 0.29) is 17.5 Å². The van der Waals surface area contributed by atoms with Crippen molar-refractivity contribution < 1.29 is 13.6 Å². The van der Waals surface area contributed by atoms with Crippen molar-refractivity contribution in [3.63, 3.8) is 0 Å². The Balaban J connectivity index is 1.41. The van der Waals surface area contributed by atoms with E-state index in [0.717, 1.165) is 48.2 Å². The van der Waals surface area contributed by atoms with Crippen LogP contribution in [0.1, 0.15) is 65.1 Å². The number of hydrogen-bond acceptors (Lipinski definition) is 5. The van der Waals surface area contributed by atoms with Gasteiger partial charge in [-0.2, -0.15) is 0 Å². The first-order chi connectivity index (χ1) is 13.7. The predicted molar refractivity (Wildman–Crippen MR) is 99.0 cm³/mol. The first kappa shape index (κ1) is 17.0. The minimum Gasteiger partial charge on any atom is -0.441 e. The van der Waals surface area contributed by atoms with Crippen molar-refractivity contribution >= 4 is 5.91 Å². The molecule has 2 aliphatic rings. The first-order valence-corrected chi connectivity index (χ1v) is 9.55. The number of aromatic nitrogens is 3. The molecule has 5 rings (SSSR count). The van der Waals surface area contributed by atoms with Crippen molar-refractivity contribution in [3.05, 3.63) is 65.3 Å². The van der Waals surface area contributed by atoms with Crippen molar-refractivity contribution in [1.82, 2.24) is 20.3 Å². The fourth-order valence-corrected chi connectivity index (χ4v) is 3.64. The highest BCUT2D eigenvalue weighted by Crippen LogP contribution is 2.40. The molecule has 3 heterocycles. The zero-order chi connectivity index (χ0) is 19.1. The molecule has 7 heteroatoms. The van der Waals surface area contributed by atoms with Crippen molar-refractivity contribution in [2.75, 3.05) is 0 Å². The average molecular weight is 378 g/mol. The van der Waals surface area contributed by atoms with Gasteiger partial charge in [-0.05, 0) is 43.9 Å². The van der Waals surface area contributed by atoms with Crippen LogP contribution in [-0.4, -0.2) is 20.9 Å². The highest BCUT2D eigenvalue weighted by atomic mass is 19.1. The van der Waals surface area contributed by atoms with Crippen LogP contribution < -0.4 is 5.32 Å². The number of carbonyl (C=O) groups excluding carboxylic acids is 1. The molecule has 0 saturated heterocycles. The fourth-order valence-electron chi connectivity index (χ4n) is 3.64. The summed E-state index contributed by atoms with van der Waals surface area (Å²) in [4.78, 5) is 25.4. The van der Waals surface area contributed by atoms with Gasteiger partial charge >= 0.3 is 0 Å². The number of oxazole rings is 1. The predicted octanol–water partition coefficient (Wildman–Crippen LogP) is 3.96. The zero-order valence-corrected chi connectivity index (χ0v) is 15.2. The second-order valence-electron chi connectivity index (χ2n) is 7.38. The van der Waals surface area contributed by atoms with E-state index in [0.29, 0.717) is 11.8 Å². The molecule has 1 saturated carbocycles. The molecule has 0 aromatic carbocycles. The van der Waals surface area contributed by atoms with E-state index in [4.69, 9.17) is 4.42 Å². The molecule has 28 heavy (non-hydrogen) atoms. The van der Waals surface area contributed by atoms with Crippen molar-refractivity contribution in [2.45, 2.75) is 44.1 Å². The molecule has 2 aliphatic carbocycles. The van der Waals surface area contributed by atoms with E-state index >= 15 is 0 Å². The van der Waals surface area contributed by atoms with Gasteiger partial charge in [-0.15, -0.1) is 0 Å². The topological polar surface area (TPSA) is 80.9 Å². The van der Waals surface area contributed by atoms with Crippen LogP contribution in [0.4, 0.5) is 4.39 Å². The van der Waals surface area contributed by atoms with Crippen LogP contribution in [0.3, 0.4) is 0 Å². The Morgan fingerprint density at radius 1 is 1.21 bits per heavy atom. The molecule has 0 aliphatic heterocycles. The molecule has 0 bridgehead atoms. The minimum absolute atomic E-state index is 0.194. The second kappa shape index (κ2) is 6.82. The third kappa shape index (κ3) is 3.28. The van der Waals surface area contributed by atoms with Crippen LogP contribution in [0.25, 0.3) is 11.5 Å². The van der Waals surface area contributed by atoms with Gasteiger partial charge in [0.1, 0.15) is 17.3 Å². The van der Waals surface area contributed by atoms with Crippen molar-refractivity contribution in [1.29, 1.82) is 0 Å². The van der Waals surface area contributed by atoms with Crippen LogP contribution in [0.15, 0.2) is 41.2 Å². The summed E-state index contributed by atoms with van der Waals surface area (Å²) in [6, 6.07) is 4.86. The Morgan fingerprint density at radius 3 is 2.93 bits per heavy atom. The molecule has 6 nitrogen and oxygen atoms in total. The van der Waals surface area contributed by atoms with Crippen molar-refractivity contribution in [3.8, 4) is 11.5 Å². The molecule has 0 spiro atoms. The molecule has 3 aromatic rings. The summed E-state index contributed by atoms with van der Waals surface area (Å²) in [5, 5.41) is 2.94. The number of aryl methyl sites for hydroxylation is 1. The molecule has 1 amide bonds. The van der Waals surface area contributed by atoms with E-state index in [1.54, 1.807) is 6.20 Å². The van der Waals surface area contributed by atoms with Gasteiger partial charge in [-0.3, -0.25) is 14.8 Å². The first-order valence-electron chi connectivity index (χ1n) is 9.55. The average Bonchev–Trinajstić information content (AvgIpc) is 3.47. The lowest BCUT2D eigenvalue weighted by Crippen LogP contribution is -2.31. The number of amides is 1. The number of halogens is 1. The van der Waals surface area contributed by atoms with Gasteiger partial charge in [0.15, 0.2) is 0 Å². The maximum atomic E-state index is 13.4. The molecule has 1 atom stereocenters. The van der Waals surface area contributed by atoms with Gasteiger partial charge in [0, 0.05) is 36.0 Å². The minimum atomic E-state index is -0.537. The lowest BCUT2D eigenvalue weighted by atomic mass is 9.96. The molecular weight excluding hydrogens is 359 g/mol. The van der Waals surface area contributed by atoms with E-state index in [1.807, 2.05) is 12.1 Å². The lowest BCUT2D eigenvalue weighted by Gasteiger charge is -2.21. The number of fused-ring (bicyclic) bond motifs is 1. The van der Waals surface area contributed by atoms with Gasteiger partial charge in [-0.25, -0.2) is 9.37 Å². The normalized spacial score (nSPS) is 18.5. The largest absolute Gasteiger partial charge is 0.441 e. The molecule has 0 unspecified atom stereocenters. The van der Waals surface area contributed by atoms with E-state index in [1.165, 1.54) is 25.1 Å². The fraction of sp³-hybridized carbons (Fsp3) is 0.333. The summed E-state index contributed by atoms with van der Waals surface area (Å²) in [6.07, 6.45) is 9.02. The number of nitrogens with one attached hydrogen (secondary N) is 1. The standard InChI is InChI=1S/C21H19FN4O2/c22-15-8-14(10-23-11-15)20(27)25-16-2-1-3-18-19(16)26-21(28-18)13-6-7-24-17(9-13)12-4-5-12/h6-12,16H,1-5H2,(H,25,27)/t16-/m0/s1. The van der Waals surface area contributed by atoms with Gasteiger partial charge in [0.25, 0.3) is 5.91 Å². The number of hydrogen-bond donors (Lipinski definition) is 1. The monoisotopic (exact) mass is 378 g/mol. The molecular formula is C21H19FN4O2. The number of pyridine rings is 2. The number of rotatable bonds is 4. The van der Waals surface area contributed by atoms with Crippen LogP contribution in [0.5, 0.6) is 0 Å². The third-order valence-electron chi connectivity index (χ3n) is 5.25. The van der Waals surface area contributed by atoms with Gasteiger partial charge in [0.2, 0.25) is 5.89 Å². The summed E-state index contributed by atoms with van der Waals surface area (Å²) >= 11 is 0. The van der Waals surface area contributed by atoms with Crippen LogP contribution >= 0.6 is 0 Å². The maximum Gasteiger partial charge on any atom is 0.253 e. The smallest absolute Gasteiger partial charge is 0.253 e. The van der Waals surface area contributed by atoms with Gasteiger partial charge in [-0.1, -0.05) is 0 Å². The van der Waals surface area contributed by atoms with Crippen LogP contribution in [-0.2, 0) is 6.42 Å². The number of nitrogens with zero attached hydrogens (tertiary/aromatic N) is 3. The molecule has 0 radical (unpaired) electrons. The molecule has 142 valence electrons. The third-order valence-corrected chi connectivity index (χ3v) is 5.25. The summed E-state index contributed by atoms with van der Waals surface area (Å²) in [6.45, 7) is 0. The van der Waals surface area contributed by atoms with Gasteiger partial charge < -0.3 is 9.73 Å². The lowest BCUT2D eigenvalue weighted by molar-refractivity contribution is 0.0930. The van der Waals surface area contributed by atoms with Crippen LogP contribution in [0.2, 0.25) is 0 Å².